The van der Waals surface area contributed by atoms with E-state index in [0.717, 1.165) is 5.56 Å². The Labute approximate surface area is 194 Å². The highest BCUT2D eigenvalue weighted by atomic mass is 16.5. The van der Waals surface area contributed by atoms with E-state index >= 15 is 0 Å². The fourth-order valence-corrected chi connectivity index (χ4v) is 3.80. The zero-order valence-corrected chi connectivity index (χ0v) is 19.5. The first-order valence-corrected chi connectivity index (χ1v) is 11.0. The van der Waals surface area contributed by atoms with E-state index in [1.54, 1.807) is 30.2 Å². The number of hydrogen-bond acceptors (Lipinski definition) is 5. The molecule has 1 heterocycles. The van der Waals surface area contributed by atoms with Crippen LogP contribution in [-0.2, 0) is 20.9 Å². The van der Waals surface area contributed by atoms with Gasteiger partial charge in [-0.3, -0.25) is 14.4 Å². The largest absolute Gasteiger partial charge is 0.497 e. The van der Waals surface area contributed by atoms with Crippen LogP contribution in [0.25, 0.3) is 0 Å². The average Bonchev–Trinajstić information content (AvgIpc) is 3.18. The summed E-state index contributed by atoms with van der Waals surface area (Å²) in [5.74, 6) is 0.580. The minimum absolute atomic E-state index is 0.0382. The van der Waals surface area contributed by atoms with Gasteiger partial charge in [0.1, 0.15) is 11.5 Å². The molecular weight excluding hydrogens is 422 g/mol. The molecule has 8 nitrogen and oxygen atoms in total. The first kappa shape index (κ1) is 24.1. The average molecular weight is 454 g/mol. The van der Waals surface area contributed by atoms with Gasteiger partial charge >= 0.3 is 0 Å². The van der Waals surface area contributed by atoms with Gasteiger partial charge in [-0.25, -0.2) is 0 Å². The van der Waals surface area contributed by atoms with E-state index in [9.17, 15) is 14.4 Å². The SMILES string of the molecule is COc1ccc(OC)c(N2CC(C(=O)NCc3cccc(NC(=O)CC(C)C)c3)CC2=O)c1. The lowest BCUT2D eigenvalue weighted by Crippen LogP contribution is -2.32. The van der Waals surface area contributed by atoms with Gasteiger partial charge in [-0.2, -0.15) is 0 Å². The minimum Gasteiger partial charge on any atom is -0.497 e. The topological polar surface area (TPSA) is 97.0 Å². The van der Waals surface area contributed by atoms with E-state index in [1.807, 2.05) is 38.1 Å². The molecule has 0 aromatic heterocycles. The lowest BCUT2D eigenvalue weighted by atomic mass is 10.1. The number of ether oxygens (including phenoxy) is 2. The molecule has 0 radical (unpaired) electrons. The Morgan fingerprint density at radius 1 is 1.12 bits per heavy atom. The van der Waals surface area contributed by atoms with Crippen molar-refractivity contribution in [2.45, 2.75) is 33.2 Å². The lowest BCUT2D eigenvalue weighted by molar-refractivity contribution is -0.126. The maximum absolute atomic E-state index is 12.8. The molecule has 2 aromatic rings. The molecular formula is C25H31N3O5. The van der Waals surface area contributed by atoms with Gasteiger partial charge in [-0.1, -0.05) is 26.0 Å². The molecule has 33 heavy (non-hydrogen) atoms. The Kier molecular flexibility index (Phi) is 7.92. The summed E-state index contributed by atoms with van der Waals surface area (Å²) in [6, 6.07) is 12.6. The predicted molar refractivity (Wildman–Crippen MR) is 126 cm³/mol. The number of nitrogens with one attached hydrogen (secondary N) is 2. The summed E-state index contributed by atoms with van der Waals surface area (Å²) < 4.78 is 10.7. The molecule has 2 N–H and O–H groups in total. The van der Waals surface area contributed by atoms with Crippen LogP contribution >= 0.6 is 0 Å². The summed E-state index contributed by atoms with van der Waals surface area (Å²) in [6.45, 7) is 4.55. The van der Waals surface area contributed by atoms with E-state index in [-0.39, 0.29) is 36.6 Å². The van der Waals surface area contributed by atoms with Crippen LogP contribution in [0.3, 0.4) is 0 Å². The lowest BCUT2D eigenvalue weighted by Gasteiger charge is -2.20. The highest BCUT2D eigenvalue weighted by Crippen LogP contribution is 2.36. The Hall–Kier alpha value is -3.55. The molecule has 1 saturated heterocycles. The summed E-state index contributed by atoms with van der Waals surface area (Å²) >= 11 is 0. The number of benzene rings is 2. The fraction of sp³-hybridized carbons (Fsp3) is 0.400. The number of anilines is 2. The summed E-state index contributed by atoms with van der Waals surface area (Å²) in [7, 11) is 3.09. The zero-order chi connectivity index (χ0) is 24.0. The summed E-state index contributed by atoms with van der Waals surface area (Å²) in [4.78, 5) is 39.0. The Morgan fingerprint density at radius 2 is 1.91 bits per heavy atom. The number of amides is 3. The van der Waals surface area contributed by atoms with Crippen molar-refractivity contribution >= 4 is 29.1 Å². The highest BCUT2D eigenvalue weighted by molar-refractivity contribution is 6.01. The quantitative estimate of drug-likeness (QED) is 0.607. The van der Waals surface area contributed by atoms with Gasteiger partial charge < -0.3 is 25.0 Å². The molecule has 176 valence electrons. The summed E-state index contributed by atoms with van der Waals surface area (Å²) in [6.07, 6.45) is 0.572. The third kappa shape index (κ3) is 6.25. The molecule has 3 amide bonds. The Morgan fingerprint density at radius 3 is 2.61 bits per heavy atom. The molecule has 0 aliphatic carbocycles. The van der Waals surface area contributed by atoms with Crippen molar-refractivity contribution < 1.29 is 23.9 Å². The van der Waals surface area contributed by atoms with Crippen LogP contribution in [0.2, 0.25) is 0 Å². The molecule has 0 bridgehead atoms. The number of nitrogens with zero attached hydrogens (tertiary/aromatic N) is 1. The molecule has 2 aromatic carbocycles. The smallest absolute Gasteiger partial charge is 0.227 e. The molecule has 1 aliphatic heterocycles. The summed E-state index contributed by atoms with van der Waals surface area (Å²) in [5.41, 5.74) is 2.14. The number of carbonyl (C=O) groups excluding carboxylic acids is 3. The first-order valence-electron chi connectivity index (χ1n) is 11.0. The van der Waals surface area contributed by atoms with Crippen LogP contribution in [0.5, 0.6) is 11.5 Å². The molecule has 0 spiro atoms. The van der Waals surface area contributed by atoms with Crippen LogP contribution in [0.4, 0.5) is 11.4 Å². The van der Waals surface area contributed by atoms with E-state index in [0.29, 0.717) is 35.8 Å². The van der Waals surface area contributed by atoms with Crippen LogP contribution in [0.15, 0.2) is 42.5 Å². The number of methoxy groups -OCH3 is 2. The summed E-state index contributed by atoms with van der Waals surface area (Å²) in [5, 5.41) is 5.79. The molecule has 1 fully saturated rings. The van der Waals surface area contributed by atoms with E-state index in [4.69, 9.17) is 9.47 Å². The van der Waals surface area contributed by atoms with Gasteiger partial charge in [0.2, 0.25) is 17.7 Å². The molecule has 0 saturated carbocycles. The van der Waals surface area contributed by atoms with Gasteiger partial charge in [0.15, 0.2) is 0 Å². The van der Waals surface area contributed by atoms with Crippen molar-refractivity contribution in [3.63, 3.8) is 0 Å². The highest BCUT2D eigenvalue weighted by Gasteiger charge is 2.36. The van der Waals surface area contributed by atoms with Gasteiger partial charge in [0.25, 0.3) is 0 Å². The molecule has 1 aliphatic rings. The minimum atomic E-state index is -0.470. The number of rotatable bonds is 9. The third-order valence-corrected chi connectivity index (χ3v) is 5.44. The van der Waals surface area contributed by atoms with Crippen molar-refractivity contribution in [2.24, 2.45) is 11.8 Å². The monoisotopic (exact) mass is 453 g/mol. The second kappa shape index (κ2) is 10.8. The van der Waals surface area contributed by atoms with Crippen molar-refractivity contribution in [3.8, 4) is 11.5 Å². The third-order valence-electron chi connectivity index (χ3n) is 5.44. The van der Waals surface area contributed by atoms with Crippen LogP contribution in [0.1, 0.15) is 32.3 Å². The maximum Gasteiger partial charge on any atom is 0.227 e. The van der Waals surface area contributed by atoms with Gasteiger partial charge in [-0.05, 0) is 35.7 Å². The van der Waals surface area contributed by atoms with Crippen LogP contribution in [-0.4, -0.2) is 38.5 Å². The van der Waals surface area contributed by atoms with Gasteiger partial charge in [0, 0.05) is 37.7 Å². The van der Waals surface area contributed by atoms with Crippen LogP contribution < -0.4 is 25.0 Å². The molecule has 8 heteroatoms. The normalized spacial score (nSPS) is 15.5. The van der Waals surface area contributed by atoms with Crippen molar-refractivity contribution in [1.29, 1.82) is 0 Å². The Bertz CT molecular complexity index is 1020. The van der Waals surface area contributed by atoms with Gasteiger partial charge in [-0.15, -0.1) is 0 Å². The maximum atomic E-state index is 12.8. The number of carbonyl (C=O) groups is 3. The molecule has 1 unspecified atom stereocenters. The van der Waals surface area contributed by atoms with E-state index in [1.165, 1.54) is 7.11 Å². The fourth-order valence-electron chi connectivity index (χ4n) is 3.80. The first-order chi connectivity index (χ1) is 15.8. The van der Waals surface area contributed by atoms with E-state index < -0.39 is 5.92 Å². The predicted octanol–water partition coefficient (Wildman–Crippen LogP) is 3.36. The zero-order valence-electron chi connectivity index (χ0n) is 19.5. The standard InChI is InChI=1S/C25H31N3O5/c1-16(2)10-23(29)27-19-7-5-6-17(11-19)14-26-25(31)18-12-24(30)28(15-18)21-13-20(32-3)8-9-22(21)33-4/h5-9,11,13,16,18H,10,12,14-15H2,1-4H3,(H,26,31)(H,27,29). The molecule has 3 rings (SSSR count). The van der Waals surface area contributed by atoms with Crippen molar-refractivity contribution in [3.05, 3.63) is 48.0 Å². The van der Waals surface area contributed by atoms with Gasteiger partial charge in [0.05, 0.1) is 25.8 Å². The van der Waals surface area contributed by atoms with Crippen LogP contribution in [0, 0.1) is 11.8 Å². The van der Waals surface area contributed by atoms with E-state index in [2.05, 4.69) is 10.6 Å². The number of hydrogen-bond donors (Lipinski definition) is 2. The molecule has 1 atom stereocenters. The Balaban J connectivity index is 1.61. The van der Waals surface area contributed by atoms with Crippen molar-refractivity contribution in [1.82, 2.24) is 5.32 Å². The second-order valence-corrected chi connectivity index (χ2v) is 8.51. The van der Waals surface area contributed by atoms with Crippen molar-refractivity contribution in [2.75, 3.05) is 31.0 Å². The second-order valence-electron chi connectivity index (χ2n) is 8.51.